The van der Waals surface area contributed by atoms with Gasteiger partial charge >= 0.3 is 6.09 Å². The molecule has 11 heteroatoms. The molecule has 55 heavy (non-hydrogen) atoms. The van der Waals surface area contributed by atoms with E-state index < -0.39 is 23.8 Å². The Bertz CT molecular complexity index is 1800. The van der Waals surface area contributed by atoms with Gasteiger partial charge in [0, 0.05) is 43.1 Å². The van der Waals surface area contributed by atoms with E-state index in [2.05, 4.69) is 23.9 Å². The lowest BCUT2D eigenvalue weighted by atomic mass is 9.55. The van der Waals surface area contributed by atoms with Gasteiger partial charge in [0.25, 0.3) is 0 Å². The van der Waals surface area contributed by atoms with Crippen molar-refractivity contribution in [3.05, 3.63) is 108 Å². The molecular formula is C44H54N2O8S. The Kier molecular flexibility index (Phi) is 14.0. The number of amides is 1. The summed E-state index contributed by atoms with van der Waals surface area (Å²) in [5.74, 6) is 0.358. The summed E-state index contributed by atoms with van der Waals surface area (Å²) >= 11 is 1.68. The average Bonchev–Trinajstić information content (AvgIpc) is 3.21. The van der Waals surface area contributed by atoms with Crippen LogP contribution < -0.4 is 9.47 Å². The molecule has 3 aromatic rings. The second kappa shape index (κ2) is 19.0. The molecule has 0 unspecified atom stereocenters. The summed E-state index contributed by atoms with van der Waals surface area (Å²) in [7, 11) is 3.26. The van der Waals surface area contributed by atoms with E-state index in [1.54, 1.807) is 29.8 Å². The SMILES string of the molecule is C=CCO[C@@]12Oc3ccc(Oc4ccc(SC)cc4)cc3[C@H]3[C@H](CCCCO)[C@@H](CCCCO)C=C(C(=NOC)C[C@@H]1N(C)C(=O)OCc1ccccc1)[C@H]32. The number of hydrogen-bond acceptors (Lipinski definition) is 10. The Hall–Kier alpha value is -4.29. The molecule has 2 aliphatic carbocycles. The first kappa shape index (κ1) is 40.4. The Balaban J connectivity index is 1.50. The van der Waals surface area contributed by atoms with Crippen molar-refractivity contribution >= 4 is 23.6 Å². The first-order valence-corrected chi connectivity index (χ1v) is 20.5. The number of benzene rings is 3. The Morgan fingerprint density at radius 2 is 1.75 bits per heavy atom. The fourth-order valence-electron chi connectivity index (χ4n) is 8.63. The maximum absolute atomic E-state index is 14.0. The van der Waals surface area contributed by atoms with Crippen molar-refractivity contribution in [1.29, 1.82) is 0 Å². The smallest absolute Gasteiger partial charge is 0.410 e. The number of carbonyl (C=O) groups excluding carboxylic acids is 1. The number of ether oxygens (including phenoxy) is 4. The van der Waals surface area contributed by atoms with Crippen LogP contribution >= 0.6 is 11.8 Å². The van der Waals surface area contributed by atoms with E-state index in [4.69, 9.17) is 23.8 Å². The normalized spacial score (nSPS) is 24.5. The van der Waals surface area contributed by atoms with Crippen LogP contribution in [0.25, 0.3) is 0 Å². The molecule has 3 aromatic carbocycles. The van der Waals surface area contributed by atoms with Crippen molar-refractivity contribution in [2.24, 2.45) is 22.9 Å². The zero-order valence-corrected chi connectivity index (χ0v) is 32.9. The number of oxime groups is 1. The number of allylic oxidation sites excluding steroid dienone is 1. The number of rotatable bonds is 18. The van der Waals surface area contributed by atoms with Crippen LogP contribution in [0.4, 0.5) is 4.79 Å². The molecule has 1 saturated carbocycles. The van der Waals surface area contributed by atoms with Gasteiger partial charge < -0.3 is 38.9 Å². The minimum Gasteiger partial charge on any atom is -0.459 e. The number of unbranched alkanes of at least 4 members (excludes halogenated alkanes) is 2. The molecule has 0 spiro atoms. The molecule has 3 aliphatic rings. The number of carbonyl (C=O) groups is 1. The van der Waals surface area contributed by atoms with Gasteiger partial charge in [-0.05, 0) is 97.4 Å². The van der Waals surface area contributed by atoms with E-state index in [0.717, 1.165) is 58.7 Å². The van der Waals surface area contributed by atoms with Crippen molar-refractivity contribution in [2.75, 3.05) is 40.2 Å². The first-order valence-electron chi connectivity index (χ1n) is 19.2. The number of nitrogens with zero attached hydrogens (tertiary/aromatic N) is 2. The monoisotopic (exact) mass is 770 g/mol. The summed E-state index contributed by atoms with van der Waals surface area (Å²) in [4.78, 5) is 22.2. The summed E-state index contributed by atoms with van der Waals surface area (Å²) in [6.45, 7) is 4.51. The van der Waals surface area contributed by atoms with Crippen molar-refractivity contribution in [1.82, 2.24) is 4.90 Å². The highest BCUT2D eigenvalue weighted by molar-refractivity contribution is 7.98. The average molecular weight is 771 g/mol. The molecule has 0 bridgehead atoms. The van der Waals surface area contributed by atoms with Gasteiger partial charge in [-0.2, -0.15) is 0 Å². The lowest BCUT2D eigenvalue weighted by Gasteiger charge is -2.59. The molecule has 0 saturated heterocycles. The molecule has 294 valence electrons. The second-order valence-electron chi connectivity index (χ2n) is 14.4. The third kappa shape index (κ3) is 8.91. The zero-order valence-electron chi connectivity index (χ0n) is 32.1. The van der Waals surface area contributed by atoms with Crippen molar-refractivity contribution in [2.45, 2.75) is 74.2 Å². The molecule has 1 heterocycles. The van der Waals surface area contributed by atoms with E-state index in [9.17, 15) is 15.0 Å². The Labute approximate surface area is 329 Å². The summed E-state index contributed by atoms with van der Waals surface area (Å²) in [5, 5.41) is 24.2. The molecule has 0 aromatic heterocycles. The van der Waals surface area contributed by atoms with Crippen LogP contribution in [0.1, 0.15) is 62.0 Å². The van der Waals surface area contributed by atoms with Crippen molar-refractivity contribution < 1.29 is 38.8 Å². The van der Waals surface area contributed by atoms with Gasteiger partial charge in [-0.25, -0.2) is 4.79 Å². The first-order chi connectivity index (χ1) is 26.9. The fraction of sp³-hybridized carbons (Fsp3) is 0.455. The van der Waals surface area contributed by atoms with Crippen LogP contribution in [0.2, 0.25) is 0 Å². The van der Waals surface area contributed by atoms with Crippen LogP contribution in [0.5, 0.6) is 17.2 Å². The third-order valence-corrected chi connectivity index (χ3v) is 11.8. The summed E-state index contributed by atoms with van der Waals surface area (Å²) in [6, 6.07) is 22.9. The lowest BCUT2D eigenvalue weighted by molar-refractivity contribution is -0.253. The van der Waals surface area contributed by atoms with Crippen LogP contribution in [-0.4, -0.2) is 79.0 Å². The second-order valence-corrected chi connectivity index (χ2v) is 15.3. The molecule has 6 atom stereocenters. The molecule has 2 N–H and O–H groups in total. The van der Waals surface area contributed by atoms with E-state index in [1.807, 2.05) is 73.0 Å². The topological polar surface area (TPSA) is 119 Å². The predicted molar refractivity (Wildman–Crippen MR) is 215 cm³/mol. The van der Waals surface area contributed by atoms with Gasteiger partial charge in [0.1, 0.15) is 37.0 Å². The van der Waals surface area contributed by atoms with E-state index in [-0.39, 0.29) is 50.6 Å². The van der Waals surface area contributed by atoms with E-state index in [0.29, 0.717) is 24.3 Å². The lowest BCUT2D eigenvalue weighted by Crippen LogP contribution is -2.69. The molecule has 1 fully saturated rings. The molecule has 10 nitrogen and oxygen atoms in total. The quantitative estimate of drug-likeness (QED) is 0.0567. The van der Waals surface area contributed by atoms with Crippen LogP contribution in [-0.2, 0) is 20.9 Å². The van der Waals surface area contributed by atoms with Gasteiger partial charge in [0.2, 0.25) is 5.79 Å². The maximum atomic E-state index is 14.0. The number of fused-ring (bicyclic) bond motifs is 2. The van der Waals surface area contributed by atoms with E-state index in [1.165, 1.54) is 7.11 Å². The molecule has 1 amide bonds. The highest BCUT2D eigenvalue weighted by atomic mass is 32.2. The molecular weight excluding hydrogens is 717 g/mol. The highest BCUT2D eigenvalue weighted by Gasteiger charge is 2.65. The Morgan fingerprint density at radius 3 is 2.44 bits per heavy atom. The van der Waals surface area contributed by atoms with Gasteiger partial charge in [0.05, 0.1) is 18.2 Å². The number of likely N-dealkylation sites (N-methyl/N-ethyl adjacent to an activating group) is 1. The van der Waals surface area contributed by atoms with Crippen LogP contribution in [0.15, 0.2) is 107 Å². The number of hydrogen-bond donors (Lipinski definition) is 2. The molecule has 6 rings (SSSR count). The van der Waals surface area contributed by atoms with Crippen molar-refractivity contribution in [3.63, 3.8) is 0 Å². The van der Waals surface area contributed by atoms with Crippen LogP contribution in [0.3, 0.4) is 0 Å². The molecule has 1 aliphatic heterocycles. The Morgan fingerprint density at radius 1 is 1.02 bits per heavy atom. The minimum atomic E-state index is -1.35. The summed E-state index contributed by atoms with van der Waals surface area (Å²) in [5.41, 5.74) is 3.55. The number of thioether (sulfide) groups is 1. The van der Waals surface area contributed by atoms with Gasteiger partial charge in [-0.3, -0.25) is 0 Å². The standard InChI is InChI=1S/C44H54N2O8S/c1-5-25-52-44-40(46(2)43(49)51-29-30-13-7-6-8-14-30)28-38(45-50-3)36-26-31(15-9-11-23-47)35(16-10-12-24-48)41(42(36)44)37-27-33(19-22-39(37)54-44)53-32-17-20-34(55-4)21-18-32/h5-8,13-14,17-22,26-27,31,35,40-42,47-48H,1,9-12,15-16,23-25,28-29H2,2-4H3/t31-,35+,40-,41+,42+,44+/m0/s1. The summed E-state index contributed by atoms with van der Waals surface area (Å²) < 4.78 is 26.5. The van der Waals surface area contributed by atoms with E-state index >= 15 is 0 Å². The highest BCUT2D eigenvalue weighted by Crippen LogP contribution is 2.62. The molecule has 0 radical (unpaired) electrons. The van der Waals surface area contributed by atoms with Gasteiger partial charge in [-0.15, -0.1) is 18.3 Å². The zero-order chi connectivity index (χ0) is 38.8. The summed E-state index contributed by atoms with van der Waals surface area (Å²) in [6.07, 6.45) is 10.6. The van der Waals surface area contributed by atoms with Crippen molar-refractivity contribution in [3.8, 4) is 17.2 Å². The third-order valence-electron chi connectivity index (χ3n) is 11.1. The van der Waals surface area contributed by atoms with Gasteiger partial charge in [-0.1, -0.05) is 60.5 Å². The maximum Gasteiger partial charge on any atom is 0.410 e. The number of aliphatic hydroxyl groups is 2. The predicted octanol–water partition coefficient (Wildman–Crippen LogP) is 8.73. The fourth-order valence-corrected chi connectivity index (χ4v) is 9.04. The minimum absolute atomic E-state index is 0.0994. The number of aliphatic hydroxyl groups excluding tert-OH is 2. The van der Waals surface area contributed by atoms with Crippen LogP contribution in [0, 0.1) is 17.8 Å². The largest absolute Gasteiger partial charge is 0.459 e. The van der Waals surface area contributed by atoms with Gasteiger partial charge in [0.15, 0.2) is 0 Å².